The smallest absolute Gasteiger partial charge is 0.260 e. The van der Waals surface area contributed by atoms with Crippen molar-refractivity contribution >= 4 is 28.7 Å². The zero-order valence-electron chi connectivity index (χ0n) is 21.4. The maximum atomic E-state index is 6.66. The molecule has 0 saturated heterocycles. The Morgan fingerprint density at radius 3 is 1.74 bits per heavy atom. The fourth-order valence-electron chi connectivity index (χ4n) is 5.69. The van der Waals surface area contributed by atoms with Gasteiger partial charge in [0.15, 0.2) is 0 Å². The number of benzene rings is 5. The Hall–Kier alpha value is -5.02. The highest BCUT2D eigenvalue weighted by molar-refractivity contribution is 6.98. The van der Waals surface area contributed by atoms with Gasteiger partial charge >= 0.3 is 0 Å². The van der Waals surface area contributed by atoms with E-state index in [1.165, 1.54) is 0 Å². The van der Waals surface area contributed by atoms with Crippen molar-refractivity contribution in [3.05, 3.63) is 146 Å². The number of fused-ring (bicyclic) bond motifs is 4. The molecule has 2 aliphatic rings. The summed E-state index contributed by atoms with van der Waals surface area (Å²) >= 11 is 0. The molecule has 7 rings (SSSR count). The molecule has 0 bridgehead atoms. The van der Waals surface area contributed by atoms with E-state index in [9.17, 15) is 0 Å². The quantitative estimate of drug-likeness (QED) is 0.180. The summed E-state index contributed by atoms with van der Waals surface area (Å²) in [6.45, 7) is 7.85. The summed E-state index contributed by atoms with van der Waals surface area (Å²) in [6.07, 6.45) is 5.59. The van der Waals surface area contributed by atoms with Crippen molar-refractivity contribution in [2.45, 2.75) is 0 Å². The van der Waals surface area contributed by atoms with Crippen LogP contribution in [0.2, 0.25) is 0 Å². The lowest BCUT2D eigenvalue weighted by Gasteiger charge is -2.34. The summed E-state index contributed by atoms with van der Waals surface area (Å²) in [6, 6.07) is 38.0. The maximum absolute atomic E-state index is 6.66. The van der Waals surface area contributed by atoms with Gasteiger partial charge in [0.05, 0.1) is 0 Å². The van der Waals surface area contributed by atoms with Crippen LogP contribution in [0.15, 0.2) is 141 Å². The summed E-state index contributed by atoms with van der Waals surface area (Å²) in [5.41, 5.74) is 9.84. The van der Waals surface area contributed by atoms with Gasteiger partial charge in [-0.3, -0.25) is 0 Å². The van der Waals surface area contributed by atoms with Crippen molar-refractivity contribution < 1.29 is 9.47 Å². The zero-order valence-corrected chi connectivity index (χ0v) is 21.4. The van der Waals surface area contributed by atoms with E-state index in [4.69, 9.17) is 9.47 Å². The van der Waals surface area contributed by atoms with Crippen LogP contribution in [0, 0.1) is 0 Å². The molecule has 2 nitrogen and oxygen atoms in total. The first-order chi connectivity index (χ1) is 19.2. The SMILES string of the molecule is C=C/C=C(\C=C)c1ccc2c(c1)Oc1cc(-c3ccccc3)cc3c1B2c1ccc(-c2ccccc2)cc1O3. The fraction of sp³-hybridized carbons (Fsp3) is 0. The molecule has 0 radical (unpaired) electrons. The van der Waals surface area contributed by atoms with E-state index < -0.39 is 0 Å². The summed E-state index contributed by atoms with van der Waals surface area (Å²) in [7, 11) is 0. The van der Waals surface area contributed by atoms with Gasteiger partial charge in [-0.15, -0.1) is 0 Å². The normalized spacial score (nSPS) is 12.8. The van der Waals surface area contributed by atoms with Gasteiger partial charge < -0.3 is 9.47 Å². The molecule has 0 aromatic heterocycles. The Morgan fingerprint density at radius 2 is 1.13 bits per heavy atom. The average Bonchev–Trinajstić information content (AvgIpc) is 2.99. The average molecular weight is 500 g/mol. The minimum Gasteiger partial charge on any atom is -0.458 e. The molecule has 0 unspecified atom stereocenters. The van der Waals surface area contributed by atoms with Gasteiger partial charge in [-0.25, -0.2) is 0 Å². The first-order valence-corrected chi connectivity index (χ1v) is 13.1. The van der Waals surface area contributed by atoms with E-state index >= 15 is 0 Å². The molecule has 5 aromatic rings. The van der Waals surface area contributed by atoms with Gasteiger partial charge in [0.25, 0.3) is 6.71 Å². The number of hydrogen-bond acceptors (Lipinski definition) is 2. The van der Waals surface area contributed by atoms with Crippen molar-refractivity contribution in [2.24, 2.45) is 0 Å². The first kappa shape index (κ1) is 23.1. The second-order valence-electron chi connectivity index (χ2n) is 9.82. The lowest BCUT2D eigenvalue weighted by molar-refractivity contribution is 0.465. The molecule has 0 spiro atoms. The lowest BCUT2D eigenvalue weighted by Crippen LogP contribution is -2.57. The van der Waals surface area contributed by atoms with Gasteiger partial charge in [0, 0.05) is 5.46 Å². The highest BCUT2D eigenvalue weighted by atomic mass is 16.5. The first-order valence-electron chi connectivity index (χ1n) is 13.1. The summed E-state index contributed by atoms with van der Waals surface area (Å²) in [4.78, 5) is 0. The Morgan fingerprint density at radius 1 is 0.564 bits per heavy atom. The molecule has 2 heterocycles. The molecular formula is C36H25BO2. The molecule has 5 aromatic carbocycles. The Kier molecular flexibility index (Phi) is 5.56. The minimum atomic E-state index is 0.00163. The predicted octanol–water partition coefficient (Wildman–Crippen LogP) is 7.50. The maximum Gasteiger partial charge on any atom is 0.260 e. The summed E-state index contributed by atoms with van der Waals surface area (Å²) < 4.78 is 13.3. The van der Waals surface area contributed by atoms with Gasteiger partial charge in [0.2, 0.25) is 0 Å². The van der Waals surface area contributed by atoms with Gasteiger partial charge in [-0.1, -0.05) is 116 Å². The largest absolute Gasteiger partial charge is 0.458 e. The van der Waals surface area contributed by atoms with Crippen LogP contribution in [0.25, 0.3) is 27.8 Å². The van der Waals surface area contributed by atoms with Crippen LogP contribution < -0.4 is 25.9 Å². The molecular weight excluding hydrogens is 475 g/mol. The van der Waals surface area contributed by atoms with E-state index in [1.54, 1.807) is 6.08 Å². The van der Waals surface area contributed by atoms with E-state index in [-0.39, 0.29) is 6.71 Å². The molecule has 3 heteroatoms. The molecule has 184 valence electrons. The molecule has 0 fully saturated rings. The van der Waals surface area contributed by atoms with Crippen LogP contribution in [0.3, 0.4) is 0 Å². The van der Waals surface area contributed by atoms with Crippen LogP contribution in [-0.2, 0) is 0 Å². The van der Waals surface area contributed by atoms with E-state index in [0.717, 1.165) is 72.8 Å². The van der Waals surface area contributed by atoms with Crippen molar-refractivity contribution in [3.8, 4) is 45.3 Å². The lowest BCUT2D eigenvalue weighted by atomic mass is 9.34. The van der Waals surface area contributed by atoms with E-state index in [1.807, 2.05) is 24.3 Å². The van der Waals surface area contributed by atoms with Crippen LogP contribution in [0.5, 0.6) is 23.0 Å². The molecule has 0 aliphatic carbocycles. The van der Waals surface area contributed by atoms with Crippen LogP contribution in [-0.4, -0.2) is 6.71 Å². The van der Waals surface area contributed by atoms with Crippen LogP contribution >= 0.6 is 0 Å². The van der Waals surface area contributed by atoms with E-state index in [0.29, 0.717) is 0 Å². The Labute approximate surface area is 229 Å². The number of ether oxygens (including phenoxy) is 2. The number of rotatable bonds is 5. The third-order valence-corrected chi connectivity index (χ3v) is 7.55. The van der Waals surface area contributed by atoms with Gasteiger partial charge in [-0.05, 0) is 68.6 Å². The topological polar surface area (TPSA) is 18.5 Å². The van der Waals surface area contributed by atoms with Crippen molar-refractivity contribution in [1.29, 1.82) is 0 Å². The Bertz CT molecular complexity index is 1780. The van der Waals surface area contributed by atoms with Crippen molar-refractivity contribution in [3.63, 3.8) is 0 Å². The molecule has 0 amide bonds. The van der Waals surface area contributed by atoms with Gasteiger partial charge in [-0.2, -0.15) is 0 Å². The standard InChI is InChI=1S/C36H25BO2/c1-3-11-24(4-2)27-16-18-30-32(20-27)38-34-22-29(26-14-9-6-10-15-26)23-35-36(34)37(30)31-19-17-28(21-33(31)39-35)25-12-7-5-8-13-25/h3-23H,1-2H2/b24-11+. The van der Waals surface area contributed by atoms with E-state index in [2.05, 4.69) is 110 Å². The van der Waals surface area contributed by atoms with Crippen molar-refractivity contribution in [1.82, 2.24) is 0 Å². The second-order valence-corrected chi connectivity index (χ2v) is 9.82. The molecule has 0 N–H and O–H groups in total. The zero-order chi connectivity index (χ0) is 26.3. The van der Waals surface area contributed by atoms with Gasteiger partial charge in [0.1, 0.15) is 23.0 Å². The third-order valence-electron chi connectivity index (χ3n) is 7.55. The summed E-state index contributed by atoms with van der Waals surface area (Å²) in [5, 5.41) is 0. The highest BCUT2D eigenvalue weighted by Gasteiger charge is 2.40. The van der Waals surface area contributed by atoms with Crippen LogP contribution in [0.4, 0.5) is 0 Å². The second kappa shape index (κ2) is 9.38. The number of hydrogen-bond donors (Lipinski definition) is 0. The predicted molar refractivity (Wildman–Crippen MR) is 163 cm³/mol. The third kappa shape index (κ3) is 3.91. The minimum absolute atomic E-state index is 0.00163. The summed E-state index contributed by atoms with van der Waals surface area (Å²) in [5.74, 6) is 3.38. The molecule has 0 atom stereocenters. The molecule has 39 heavy (non-hydrogen) atoms. The molecule has 0 saturated carbocycles. The Balaban J connectivity index is 1.44. The monoisotopic (exact) mass is 500 g/mol. The molecule has 2 aliphatic heterocycles. The van der Waals surface area contributed by atoms with Crippen LogP contribution in [0.1, 0.15) is 5.56 Å². The fourth-order valence-corrected chi connectivity index (χ4v) is 5.69. The number of allylic oxidation sites excluding steroid dienone is 4. The highest BCUT2D eigenvalue weighted by Crippen LogP contribution is 2.39. The van der Waals surface area contributed by atoms with Crippen molar-refractivity contribution in [2.75, 3.05) is 0 Å².